The predicted molar refractivity (Wildman–Crippen MR) is 91.3 cm³/mol. The molecule has 0 radical (unpaired) electrons. The number of aliphatic hydroxyl groups excluding tert-OH is 1. The summed E-state index contributed by atoms with van der Waals surface area (Å²) in [6.45, 7) is 9.62. The maximum Gasteiger partial charge on any atom is 0.191 e. The number of aliphatic hydroxyl groups is 1. The summed E-state index contributed by atoms with van der Waals surface area (Å²) in [7, 11) is 2.12. The van der Waals surface area contributed by atoms with Crippen molar-refractivity contribution in [3.05, 3.63) is 0 Å². The van der Waals surface area contributed by atoms with E-state index in [2.05, 4.69) is 41.4 Å². The molecule has 2 unspecified atom stereocenters. The van der Waals surface area contributed by atoms with Gasteiger partial charge < -0.3 is 25.4 Å². The minimum Gasteiger partial charge on any atom is -0.396 e. The van der Waals surface area contributed by atoms with Crippen LogP contribution in [0.3, 0.4) is 0 Å². The Hall–Kier alpha value is -0.850. The van der Waals surface area contributed by atoms with E-state index in [0.717, 1.165) is 64.6 Å². The average Bonchev–Trinajstić information content (AvgIpc) is 2.50. The summed E-state index contributed by atoms with van der Waals surface area (Å²) in [5.41, 5.74) is 0. The van der Waals surface area contributed by atoms with Gasteiger partial charge in [0.15, 0.2) is 5.96 Å². The van der Waals surface area contributed by atoms with Gasteiger partial charge in [-0.15, -0.1) is 0 Å². The highest BCUT2D eigenvalue weighted by atomic mass is 16.5. The molecule has 1 fully saturated rings. The molecular formula is C16H34N4O2. The van der Waals surface area contributed by atoms with Gasteiger partial charge in [-0.25, -0.2) is 0 Å². The normalized spacial score (nSPS) is 21.6. The minimum absolute atomic E-state index is 0.214. The van der Waals surface area contributed by atoms with Crippen LogP contribution >= 0.6 is 0 Å². The molecule has 1 saturated heterocycles. The summed E-state index contributed by atoms with van der Waals surface area (Å²) < 4.78 is 5.76. The third kappa shape index (κ3) is 7.96. The molecule has 0 aromatic carbocycles. The van der Waals surface area contributed by atoms with Crippen LogP contribution in [0, 0.1) is 5.92 Å². The second kappa shape index (κ2) is 11.7. The number of hydrogen-bond donors (Lipinski definition) is 3. The highest BCUT2D eigenvalue weighted by Gasteiger charge is 2.17. The van der Waals surface area contributed by atoms with Gasteiger partial charge in [0.25, 0.3) is 0 Å². The van der Waals surface area contributed by atoms with Crippen molar-refractivity contribution in [3.63, 3.8) is 0 Å². The van der Waals surface area contributed by atoms with E-state index >= 15 is 0 Å². The molecule has 0 aromatic heterocycles. The predicted octanol–water partition coefficient (Wildman–Crippen LogP) is 0.671. The summed E-state index contributed by atoms with van der Waals surface area (Å²) in [5.74, 6) is 1.31. The molecule has 1 aliphatic rings. The van der Waals surface area contributed by atoms with Gasteiger partial charge in [0, 0.05) is 39.3 Å². The lowest BCUT2D eigenvalue weighted by molar-refractivity contribution is -0.0161. The Morgan fingerprint density at radius 2 is 2.18 bits per heavy atom. The van der Waals surface area contributed by atoms with Crippen LogP contribution in [0.25, 0.3) is 0 Å². The maximum atomic E-state index is 9.13. The molecule has 0 bridgehead atoms. The lowest BCUT2D eigenvalue weighted by Gasteiger charge is -2.30. The molecule has 0 aliphatic carbocycles. The Bertz CT molecular complexity index is 307. The monoisotopic (exact) mass is 314 g/mol. The number of morpholine rings is 1. The van der Waals surface area contributed by atoms with Gasteiger partial charge in [-0.05, 0) is 32.7 Å². The van der Waals surface area contributed by atoms with Gasteiger partial charge in [-0.2, -0.15) is 0 Å². The zero-order chi connectivity index (χ0) is 16.2. The van der Waals surface area contributed by atoms with E-state index in [1.807, 2.05) is 0 Å². The molecule has 2 atom stereocenters. The molecular weight excluding hydrogens is 280 g/mol. The second-order valence-electron chi connectivity index (χ2n) is 6.02. The van der Waals surface area contributed by atoms with Crippen LogP contribution in [0.15, 0.2) is 4.99 Å². The fourth-order valence-corrected chi connectivity index (χ4v) is 2.68. The molecule has 1 rings (SSSR count). The van der Waals surface area contributed by atoms with Crippen molar-refractivity contribution in [2.24, 2.45) is 10.9 Å². The molecule has 130 valence electrons. The molecule has 3 N–H and O–H groups in total. The quantitative estimate of drug-likeness (QED) is 0.431. The number of nitrogens with one attached hydrogen (secondary N) is 2. The Kier molecular flexibility index (Phi) is 10.2. The topological polar surface area (TPSA) is 69.1 Å². The molecule has 1 aliphatic heterocycles. The number of nitrogens with zero attached hydrogens (tertiary/aromatic N) is 2. The van der Waals surface area contributed by atoms with Gasteiger partial charge in [0.2, 0.25) is 0 Å². The van der Waals surface area contributed by atoms with Crippen molar-refractivity contribution in [2.75, 3.05) is 53.0 Å². The van der Waals surface area contributed by atoms with Crippen LogP contribution in [0.5, 0.6) is 0 Å². The van der Waals surface area contributed by atoms with Gasteiger partial charge in [-0.3, -0.25) is 4.99 Å². The van der Waals surface area contributed by atoms with Crippen LogP contribution in [-0.4, -0.2) is 75.1 Å². The van der Waals surface area contributed by atoms with Crippen molar-refractivity contribution in [1.82, 2.24) is 15.5 Å². The van der Waals surface area contributed by atoms with E-state index in [0.29, 0.717) is 5.92 Å². The molecule has 0 amide bonds. The summed E-state index contributed by atoms with van der Waals surface area (Å²) in [6.07, 6.45) is 3.28. The Morgan fingerprint density at radius 1 is 1.36 bits per heavy atom. The first-order valence-corrected chi connectivity index (χ1v) is 8.62. The molecule has 1 heterocycles. The van der Waals surface area contributed by atoms with Crippen LogP contribution in [0.2, 0.25) is 0 Å². The molecule has 0 spiro atoms. The third-order valence-electron chi connectivity index (χ3n) is 3.93. The Morgan fingerprint density at radius 3 is 2.82 bits per heavy atom. The molecule has 6 nitrogen and oxygen atoms in total. The van der Waals surface area contributed by atoms with Gasteiger partial charge in [0.1, 0.15) is 0 Å². The van der Waals surface area contributed by atoms with Crippen LogP contribution in [-0.2, 0) is 4.74 Å². The van der Waals surface area contributed by atoms with Crippen molar-refractivity contribution in [1.29, 1.82) is 0 Å². The second-order valence-corrected chi connectivity index (χ2v) is 6.02. The van der Waals surface area contributed by atoms with Crippen molar-refractivity contribution in [2.45, 2.75) is 39.2 Å². The molecule has 0 saturated carbocycles. The largest absolute Gasteiger partial charge is 0.396 e. The van der Waals surface area contributed by atoms with Crippen molar-refractivity contribution >= 4 is 5.96 Å². The standard InChI is InChI=1S/C16H34N4O2/c1-4-6-14(7-9-21)11-18-16(17-5-2)19-12-15-13-20(3)8-10-22-15/h14-15,21H,4-13H2,1-3H3,(H2,17,18,19). The van der Waals surface area contributed by atoms with Crippen LogP contribution in [0.4, 0.5) is 0 Å². The van der Waals surface area contributed by atoms with Crippen molar-refractivity contribution in [3.8, 4) is 0 Å². The number of guanidine groups is 1. The van der Waals surface area contributed by atoms with Gasteiger partial charge in [0.05, 0.1) is 12.7 Å². The molecule has 0 aromatic rings. The number of hydrogen-bond acceptors (Lipinski definition) is 4. The van der Waals surface area contributed by atoms with E-state index in [1.165, 1.54) is 0 Å². The minimum atomic E-state index is 0.214. The highest BCUT2D eigenvalue weighted by molar-refractivity contribution is 5.79. The summed E-state index contributed by atoms with van der Waals surface area (Å²) in [5, 5.41) is 15.8. The summed E-state index contributed by atoms with van der Waals surface area (Å²) in [6, 6.07) is 0. The Labute approximate surface area is 135 Å². The van der Waals surface area contributed by atoms with Crippen LogP contribution in [0.1, 0.15) is 33.1 Å². The highest BCUT2D eigenvalue weighted by Crippen LogP contribution is 2.11. The first-order valence-electron chi connectivity index (χ1n) is 8.62. The fourth-order valence-electron chi connectivity index (χ4n) is 2.68. The summed E-state index contributed by atoms with van der Waals surface area (Å²) >= 11 is 0. The lowest BCUT2D eigenvalue weighted by Crippen LogP contribution is -2.48. The fraction of sp³-hybridized carbons (Fsp3) is 0.938. The number of likely N-dealkylation sites (N-methyl/N-ethyl adjacent to an activating group) is 1. The van der Waals surface area contributed by atoms with Crippen LogP contribution < -0.4 is 10.6 Å². The summed E-state index contributed by atoms with van der Waals surface area (Å²) in [4.78, 5) is 6.96. The SMILES string of the molecule is CCCC(CCO)CN=C(NCC)NCC1CN(C)CCO1. The smallest absolute Gasteiger partial charge is 0.191 e. The number of rotatable bonds is 9. The van der Waals surface area contributed by atoms with E-state index in [9.17, 15) is 0 Å². The Balaban J connectivity index is 2.43. The first kappa shape index (κ1) is 19.2. The third-order valence-corrected chi connectivity index (χ3v) is 3.93. The average molecular weight is 314 g/mol. The zero-order valence-electron chi connectivity index (χ0n) is 14.5. The number of ether oxygens (including phenoxy) is 1. The van der Waals surface area contributed by atoms with Gasteiger partial charge in [-0.1, -0.05) is 13.3 Å². The van der Waals surface area contributed by atoms with E-state index in [4.69, 9.17) is 9.84 Å². The van der Waals surface area contributed by atoms with Gasteiger partial charge >= 0.3 is 0 Å². The van der Waals surface area contributed by atoms with E-state index in [1.54, 1.807) is 0 Å². The maximum absolute atomic E-state index is 9.13. The molecule has 6 heteroatoms. The van der Waals surface area contributed by atoms with Crippen molar-refractivity contribution < 1.29 is 9.84 Å². The zero-order valence-corrected chi connectivity index (χ0v) is 14.5. The lowest BCUT2D eigenvalue weighted by atomic mass is 10.0. The van der Waals surface area contributed by atoms with E-state index in [-0.39, 0.29) is 12.7 Å². The number of aliphatic imine (C=N–C) groups is 1. The van der Waals surface area contributed by atoms with E-state index < -0.39 is 0 Å². The molecule has 22 heavy (non-hydrogen) atoms. The first-order chi connectivity index (χ1) is 10.7.